The molecule has 2 N–H and O–H groups in total. The van der Waals surface area contributed by atoms with Gasteiger partial charge in [-0.2, -0.15) is 0 Å². The van der Waals surface area contributed by atoms with E-state index >= 15 is 0 Å². The summed E-state index contributed by atoms with van der Waals surface area (Å²) < 4.78 is 40.3. The van der Waals surface area contributed by atoms with Crippen LogP contribution in [0.4, 0.5) is 4.39 Å². The number of sulfonamides is 1. The summed E-state index contributed by atoms with van der Waals surface area (Å²) in [5.41, 5.74) is 1.18. The second kappa shape index (κ2) is 9.65. The highest BCUT2D eigenvalue weighted by atomic mass is 35.5. The van der Waals surface area contributed by atoms with Crippen LogP contribution in [0.1, 0.15) is 37.8 Å². The summed E-state index contributed by atoms with van der Waals surface area (Å²) >= 11 is 6.37. The van der Waals surface area contributed by atoms with Crippen LogP contribution in [0.3, 0.4) is 0 Å². The Morgan fingerprint density at radius 2 is 2.09 bits per heavy atom. The Balaban J connectivity index is 1.38. The first kappa shape index (κ1) is 24.1. The summed E-state index contributed by atoms with van der Waals surface area (Å²) in [5, 5.41) is 9.86. The van der Waals surface area contributed by atoms with Crippen LogP contribution < -0.4 is 0 Å². The molecule has 33 heavy (non-hydrogen) atoms. The minimum atomic E-state index is -3.59. The highest BCUT2D eigenvalue weighted by molar-refractivity contribution is 7.89. The van der Waals surface area contributed by atoms with E-state index in [-0.39, 0.29) is 36.5 Å². The molecular formula is C21H27ClFN5O4S. The molecule has 4 rings (SSSR count). The summed E-state index contributed by atoms with van der Waals surface area (Å²) in [6.45, 7) is 3.30. The lowest BCUT2D eigenvalue weighted by molar-refractivity contribution is -0.130. The first-order valence-electron chi connectivity index (χ1n) is 10.9. The van der Waals surface area contributed by atoms with Crippen molar-refractivity contribution in [3.8, 4) is 11.5 Å². The minimum absolute atomic E-state index is 0.0293. The van der Waals surface area contributed by atoms with E-state index in [9.17, 15) is 22.7 Å². The molecule has 2 saturated heterocycles. The van der Waals surface area contributed by atoms with Crippen LogP contribution in [-0.4, -0.2) is 81.6 Å². The number of H-pyrrole nitrogens is 1. The molecule has 4 heterocycles. The van der Waals surface area contributed by atoms with Crippen LogP contribution in [0.5, 0.6) is 0 Å². The number of carbonyl (C=O) groups is 1. The van der Waals surface area contributed by atoms with E-state index in [0.717, 1.165) is 6.20 Å². The Hall–Kier alpha value is -2.08. The normalized spacial score (nSPS) is 24.4. The first-order chi connectivity index (χ1) is 15.6. The number of aromatic nitrogens is 3. The molecule has 2 aliphatic heterocycles. The lowest BCUT2D eigenvalue weighted by atomic mass is 9.86. The number of hydrogen-bond donors (Lipinski definition) is 2. The average molecular weight is 500 g/mol. The van der Waals surface area contributed by atoms with Gasteiger partial charge in [-0.3, -0.25) is 4.79 Å². The van der Waals surface area contributed by atoms with Gasteiger partial charge in [-0.15, -0.1) is 0 Å². The van der Waals surface area contributed by atoms with E-state index in [2.05, 4.69) is 15.0 Å². The van der Waals surface area contributed by atoms with Gasteiger partial charge in [0.1, 0.15) is 11.5 Å². The van der Waals surface area contributed by atoms with Crippen molar-refractivity contribution in [2.24, 2.45) is 5.92 Å². The number of halogens is 2. The number of piperidine rings is 1. The van der Waals surface area contributed by atoms with Crippen molar-refractivity contribution >= 4 is 27.5 Å². The lowest BCUT2D eigenvalue weighted by Crippen LogP contribution is -2.44. The molecule has 3 atom stereocenters. The molecule has 0 aromatic carbocycles. The van der Waals surface area contributed by atoms with Gasteiger partial charge in [0.2, 0.25) is 15.9 Å². The summed E-state index contributed by atoms with van der Waals surface area (Å²) in [6, 6.07) is 2.80. The third-order valence-electron chi connectivity index (χ3n) is 6.38. The molecule has 2 aliphatic rings. The van der Waals surface area contributed by atoms with Crippen molar-refractivity contribution in [2.75, 3.05) is 31.9 Å². The molecule has 0 spiro atoms. The molecule has 1 amide bonds. The second-order valence-corrected chi connectivity index (χ2v) is 11.2. The number of aliphatic hydroxyl groups excluding tert-OH is 1. The number of hydrogen-bond acceptors (Lipinski definition) is 6. The second-order valence-electron chi connectivity index (χ2n) is 8.73. The number of carbonyl (C=O) groups excluding carboxylic acids is 1. The number of pyridine rings is 1. The Morgan fingerprint density at radius 3 is 2.73 bits per heavy atom. The molecule has 12 heteroatoms. The van der Waals surface area contributed by atoms with Gasteiger partial charge in [-0.25, -0.2) is 27.1 Å². The van der Waals surface area contributed by atoms with Crippen molar-refractivity contribution in [3.63, 3.8) is 0 Å². The van der Waals surface area contributed by atoms with E-state index in [0.29, 0.717) is 54.8 Å². The fraction of sp³-hybridized carbons (Fsp3) is 0.571. The van der Waals surface area contributed by atoms with Crippen molar-refractivity contribution in [3.05, 3.63) is 35.0 Å². The lowest BCUT2D eigenvalue weighted by Gasteiger charge is -2.35. The fourth-order valence-corrected chi connectivity index (χ4v) is 6.32. The van der Waals surface area contributed by atoms with E-state index in [1.165, 1.54) is 21.3 Å². The van der Waals surface area contributed by atoms with Gasteiger partial charge in [0, 0.05) is 38.5 Å². The van der Waals surface area contributed by atoms with Gasteiger partial charge in [-0.1, -0.05) is 18.5 Å². The van der Waals surface area contributed by atoms with Crippen LogP contribution in [0.25, 0.3) is 11.5 Å². The Morgan fingerprint density at radius 1 is 1.30 bits per heavy atom. The van der Waals surface area contributed by atoms with Gasteiger partial charge in [0.05, 0.1) is 23.7 Å². The molecule has 180 valence electrons. The summed E-state index contributed by atoms with van der Waals surface area (Å²) in [5.74, 6) is -0.574. The van der Waals surface area contributed by atoms with Gasteiger partial charge in [0.25, 0.3) is 0 Å². The SMILES string of the molecule is C[C@H]1CN(S(=O)(=O)CCC(=O)N2CC[C@H](O)C2)CC[C@H]1c1[nH]c(-c2ccc(F)cn2)nc1Cl. The number of amides is 1. The Labute approximate surface area is 197 Å². The molecule has 0 saturated carbocycles. The maximum Gasteiger partial charge on any atom is 0.223 e. The number of imidazole rings is 1. The van der Waals surface area contributed by atoms with Crippen LogP contribution in [0, 0.1) is 11.7 Å². The molecule has 9 nitrogen and oxygen atoms in total. The molecule has 0 bridgehead atoms. The summed E-state index contributed by atoms with van der Waals surface area (Å²) in [6.07, 6.45) is 1.56. The number of β-amino-alcohol motifs (C(OH)–C–C–N with tert-alkyl or cyclic N) is 1. The van der Waals surface area contributed by atoms with Crippen molar-refractivity contribution in [1.29, 1.82) is 0 Å². The molecule has 0 unspecified atom stereocenters. The maximum absolute atomic E-state index is 13.2. The van der Waals surface area contributed by atoms with E-state index < -0.39 is 21.9 Å². The largest absolute Gasteiger partial charge is 0.391 e. The molecule has 2 aromatic heterocycles. The van der Waals surface area contributed by atoms with Gasteiger partial charge < -0.3 is 15.0 Å². The standard InChI is InChI=1S/C21H27ClFN5O4S/c1-13-11-28(33(31,32)9-6-18(30)27-7-4-15(29)12-27)8-5-16(13)19-20(22)26-21(25-19)17-3-2-14(23)10-24-17/h2-3,10,13,15-16,29H,4-9,11-12H2,1H3,(H,25,26)/t13-,15-,16+/m0/s1. The minimum Gasteiger partial charge on any atom is -0.391 e. The molecule has 2 aromatic rings. The topological polar surface area (TPSA) is 119 Å². The third kappa shape index (κ3) is 5.37. The molecule has 2 fully saturated rings. The third-order valence-corrected chi connectivity index (χ3v) is 8.50. The number of aliphatic hydroxyl groups is 1. The molecule has 0 radical (unpaired) electrons. The zero-order valence-corrected chi connectivity index (χ0v) is 19.8. The predicted molar refractivity (Wildman–Crippen MR) is 120 cm³/mol. The molecule has 0 aliphatic carbocycles. The zero-order chi connectivity index (χ0) is 23.8. The Bertz CT molecular complexity index is 1110. The smallest absolute Gasteiger partial charge is 0.223 e. The Kier molecular flexibility index (Phi) is 7.04. The van der Waals surface area contributed by atoms with E-state index in [1.807, 2.05) is 6.92 Å². The van der Waals surface area contributed by atoms with Crippen molar-refractivity contribution in [1.82, 2.24) is 24.2 Å². The summed E-state index contributed by atoms with van der Waals surface area (Å²) in [4.78, 5) is 25.3. The summed E-state index contributed by atoms with van der Waals surface area (Å²) in [7, 11) is -3.59. The van der Waals surface area contributed by atoms with Crippen LogP contribution >= 0.6 is 11.6 Å². The van der Waals surface area contributed by atoms with Crippen molar-refractivity contribution in [2.45, 2.75) is 38.2 Å². The van der Waals surface area contributed by atoms with E-state index in [4.69, 9.17) is 11.6 Å². The number of nitrogens with one attached hydrogen (secondary N) is 1. The fourth-order valence-electron chi connectivity index (χ4n) is 4.51. The molecular weight excluding hydrogens is 473 g/mol. The monoisotopic (exact) mass is 499 g/mol. The highest BCUT2D eigenvalue weighted by Gasteiger charge is 2.36. The van der Waals surface area contributed by atoms with Gasteiger partial charge >= 0.3 is 0 Å². The number of nitrogens with zero attached hydrogens (tertiary/aromatic N) is 4. The highest BCUT2D eigenvalue weighted by Crippen LogP contribution is 2.37. The quantitative estimate of drug-likeness (QED) is 0.627. The maximum atomic E-state index is 13.2. The number of likely N-dealkylation sites (tertiary alicyclic amines) is 1. The number of aromatic amines is 1. The van der Waals surface area contributed by atoms with Gasteiger partial charge in [0.15, 0.2) is 11.0 Å². The zero-order valence-electron chi connectivity index (χ0n) is 18.2. The van der Waals surface area contributed by atoms with E-state index in [1.54, 1.807) is 0 Å². The number of rotatable bonds is 6. The van der Waals surface area contributed by atoms with Crippen LogP contribution in [0.15, 0.2) is 18.3 Å². The predicted octanol–water partition coefficient (Wildman–Crippen LogP) is 2.00. The van der Waals surface area contributed by atoms with Crippen LogP contribution in [-0.2, 0) is 14.8 Å². The van der Waals surface area contributed by atoms with Crippen LogP contribution in [0.2, 0.25) is 5.15 Å². The average Bonchev–Trinajstić information content (AvgIpc) is 3.38. The van der Waals surface area contributed by atoms with Gasteiger partial charge in [-0.05, 0) is 30.9 Å². The first-order valence-corrected chi connectivity index (χ1v) is 12.9. The van der Waals surface area contributed by atoms with Crippen molar-refractivity contribution < 1.29 is 22.7 Å².